The normalized spacial score (nSPS) is 11.4. The van der Waals surface area contributed by atoms with E-state index in [2.05, 4.69) is 15.6 Å². The summed E-state index contributed by atoms with van der Waals surface area (Å²) in [6, 6.07) is 17.1. The largest absolute Gasteiger partial charge is 0.481 e. The van der Waals surface area contributed by atoms with Crippen molar-refractivity contribution >= 4 is 34.9 Å². The Morgan fingerprint density at radius 2 is 1.69 bits per heavy atom. The first-order chi connectivity index (χ1) is 13.9. The maximum Gasteiger partial charge on any atom is 0.265 e. The second-order valence-electron chi connectivity index (χ2n) is 6.08. The highest BCUT2D eigenvalue weighted by atomic mass is 35.5. The molecule has 1 atom stereocenters. The molecule has 148 valence electrons. The van der Waals surface area contributed by atoms with E-state index in [9.17, 15) is 14.0 Å². The molecule has 0 bridgehead atoms. The molecule has 0 radical (unpaired) electrons. The Kier molecular flexibility index (Phi) is 6.41. The molecule has 0 saturated carbocycles. The number of hydrogen-bond donors (Lipinski definition) is 2. The number of pyridine rings is 1. The lowest BCUT2D eigenvalue weighted by Gasteiger charge is -2.15. The third kappa shape index (κ3) is 5.76. The second kappa shape index (κ2) is 9.16. The van der Waals surface area contributed by atoms with E-state index in [1.54, 1.807) is 43.3 Å². The molecule has 2 amide bonds. The van der Waals surface area contributed by atoms with Crippen LogP contribution in [0.15, 0.2) is 66.7 Å². The Labute approximate surface area is 171 Å². The lowest BCUT2D eigenvalue weighted by Crippen LogP contribution is -2.30. The van der Waals surface area contributed by atoms with Crippen molar-refractivity contribution in [1.82, 2.24) is 4.98 Å². The van der Waals surface area contributed by atoms with Gasteiger partial charge in [-0.1, -0.05) is 17.7 Å². The quantitative estimate of drug-likeness (QED) is 0.582. The van der Waals surface area contributed by atoms with Crippen LogP contribution in [0.25, 0.3) is 0 Å². The van der Waals surface area contributed by atoms with E-state index in [0.29, 0.717) is 22.0 Å². The van der Waals surface area contributed by atoms with E-state index in [1.165, 1.54) is 30.3 Å². The molecule has 0 fully saturated rings. The maximum atomic E-state index is 13.1. The van der Waals surface area contributed by atoms with Crippen molar-refractivity contribution in [3.63, 3.8) is 0 Å². The topological polar surface area (TPSA) is 80.3 Å². The van der Waals surface area contributed by atoms with Crippen molar-refractivity contribution in [1.29, 1.82) is 0 Å². The van der Waals surface area contributed by atoms with E-state index < -0.39 is 18.0 Å². The summed E-state index contributed by atoms with van der Waals surface area (Å²) in [5.41, 5.74) is 0.939. The van der Waals surface area contributed by atoms with Crippen LogP contribution in [0.3, 0.4) is 0 Å². The minimum atomic E-state index is -0.762. The summed E-state index contributed by atoms with van der Waals surface area (Å²) in [4.78, 5) is 28.0. The zero-order chi connectivity index (χ0) is 20.8. The number of anilines is 2. The van der Waals surface area contributed by atoms with Crippen molar-refractivity contribution in [2.75, 3.05) is 10.6 Å². The molecule has 0 aliphatic heterocycles. The molecule has 1 unspecified atom stereocenters. The van der Waals surface area contributed by atoms with Gasteiger partial charge in [0.25, 0.3) is 11.8 Å². The van der Waals surface area contributed by atoms with Gasteiger partial charge in [0, 0.05) is 16.3 Å². The molecule has 29 heavy (non-hydrogen) atoms. The number of carbonyl (C=O) groups is 2. The molecule has 6 nitrogen and oxygen atoms in total. The molecule has 2 N–H and O–H groups in total. The van der Waals surface area contributed by atoms with E-state index in [0.717, 1.165) is 0 Å². The van der Waals surface area contributed by atoms with Gasteiger partial charge in [0.2, 0.25) is 5.95 Å². The van der Waals surface area contributed by atoms with Gasteiger partial charge in [-0.05, 0) is 67.6 Å². The van der Waals surface area contributed by atoms with Gasteiger partial charge in [-0.25, -0.2) is 4.98 Å². The van der Waals surface area contributed by atoms with Gasteiger partial charge >= 0.3 is 0 Å². The second-order valence-corrected chi connectivity index (χ2v) is 6.52. The number of halogens is 2. The van der Waals surface area contributed by atoms with Crippen molar-refractivity contribution in [2.24, 2.45) is 0 Å². The van der Waals surface area contributed by atoms with Crippen molar-refractivity contribution in [3.05, 3.63) is 83.3 Å². The van der Waals surface area contributed by atoms with Crippen LogP contribution in [-0.4, -0.2) is 22.9 Å². The van der Waals surface area contributed by atoms with Gasteiger partial charge in [-0.2, -0.15) is 4.39 Å². The summed E-state index contributed by atoms with van der Waals surface area (Å²) in [5.74, 6) is -0.918. The highest BCUT2D eigenvalue weighted by Crippen LogP contribution is 2.17. The average molecular weight is 414 g/mol. The van der Waals surface area contributed by atoms with Crippen LogP contribution in [-0.2, 0) is 4.79 Å². The zero-order valence-corrected chi connectivity index (χ0v) is 16.1. The number of benzene rings is 2. The van der Waals surface area contributed by atoms with Crippen LogP contribution in [0, 0.1) is 5.95 Å². The highest BCUT2D eigenvalue weighted by molar-refractivity contribution is 6.30. The maximum absolute atomic E-state index is 13.1. The number of ether oxygens (including phenoxy) is 1. The standard InChI is InChI=1S/C21H17ClFN3O3/c1-13(20(27)24-16-9-7-15(22)8-10-16)29-17-11-5-14(6-12-17)21(28)26-19-4-2-3-18(23)25-19/h2-13H,1H3,(H,24,27)(H,25,26,28). The molecule has 2 aromatic carbocycles. The third-order valence-corrected chi connectivity index (χ3v) is 4.12. The van der Waals surface area contributed by atoms with Gasteiger partial charge < -0.3 is 15.4 Å². The number of hydrogen-bond acceptors (Lipinski definition) is 4. The van der Waals surface area contributed by atoms with E-state index >= 15 is 0 Å². The van der Waals surface area contributed by atoms with Crippen molar-refractivity contribution < 1.29 is 18.7 Å². The van der Waals surface area contributed by atoms with Gasteiger partial charge in [0.05, 0.1) is 0 Å². The summed E-state index contributed by atoms with van der Waals surface area (Å²) in [6.07, 6.45) is -0.762. The molecule has 3 aromatic rings. The Hall–Kier alpha value is -3.45. The number of nitrogens with zero attached hydrogens (tertiary/aromatic N) is 1. The highest BCUT2D eigenvalue weighted by Gasteiger charge is 2.15. The SMILES string of the molecule is CC(Oc1ccc(C(=O)Nc2cccc(F)n2)cc1)C(=O)Nc1ccc(Cl)cc1. The van der Waals surface area contributed by atoms with Gasteiger partial charge in [-0.3, -0.25) is 9.59 Å². The van der Waals surface area contributed by atoms with Crippen LogP contribution >= 0.6 is 11.6 Å². The summed E-state index contributed by atoms with van der Waals surface area (Å²) in [6.45, 7) is 1.61. The van der Waals surface area contributed by atoms with E-state index in [4.69, 9.17) is 16.3 Å². The monoisotopic (exact) mass is 413 g/mol. The van der Waals surface area contributed by atoms with Crippen LogP contribution in [0.2, 0.25) is 5.02 Å². The van der Waals surface area contributed by atoms with Crippen LogP contribution in [0.4, 0.5) is 15.9 Å². The Morgan fingerprint density at radius 3 is 2.34 bits per heavy atom. The van der Waals surface area contributed by atoms with E-state index in [1.807, 2.05) is 0 Å². The predicted molar refractivity (Wildman–Crippen MR) is 109 cm³/mol. The zero-order valence-electron chi connectivity index (χ0n) is 15.4. The van der Waals surface area contributed by atoms with Crippen LogP contribution in [0.5, 0.6) is 5.75 Å². The fourth-order valence-electron chi connectivity index (χ4n) is 2.39. The molecule has 8 heteroatoms. The molecule has 0 aliphatic rings. The summed E-state index contributed by atoms with van der Waals surface area (Å²) in [5, 5.41) is 5.80. The number of nitrogens with one attached hydrogen (secondary N) is 2. The molecule has 0 aliphatic carbocycles. The summed E-state index contributed by atoms with van der Waals surface area (Å²) >= 11 is 5.82. The number of amides is 2. The molecule has 3 rings (SSSR count). The smallest absolute Gasteiger partial charge is 0.265 e. The molecule has 1 aromatic heterocycles. The van der Waals surface area contributed by atoms with Gasteiger partial charge in [0.15, 0.2) is 6.10 Å². The minimum absolute atomic E-state index is 0.114. The van der Waals surface area contributed by atoms with Gasteiger partial charge in [0.1, 0.15) is 11.6 Å². The molecule has 1 heterocycles. The van der Waals surface area contributed by atoms with Gasteiger partial charge in [-0.15, -0.1) is 0 Å². The number of aromatic nitrogens is 1. The van der Waals surface area contributed by atoms with E-state index in [-0.39, 0.29) is 11.7 Å². The molecule has 0 saturated heterocycles. The third-order valence-electron chi connectivity index (χ3n) is 3.87. The van der Waals surface area contributed by atoms with Crippen LogP contribution in [0.1, 0.15) is 17.3 Å². The lowest BCUT2D eigenvalue weighted by molar-refractivity contribution is -0.122. The predicted octanol–water partition coefficient (Wildman–Crippen LogP) is 4.53. The molecular weight excluding hydrogens is 397 g/mol. The summed E-state index contributed by atoms with van der Waals surface area (Å²) < 4.78 is 18.7. The fourth-order valence-corrected chi connectivity index (χ4v) is 2.51. The Morgan fingerprint density at radius 1 is 1.00 bits per heavy atom. The first kappa shape index (κ1) is 20.3. The minimum Gasteiger partial charge on any atom is -0.481 e. The molecule has 0 spiro atoms. The summed E-state index contributed by atoms with van der Waals surface area (Å²) in [7, 11) is 0. The van der Waals surface area contributed by atoms with Crippen LogP contribution < -0.4 is 15.4 Å². The lowest BCUT2D eigenvalue weighted by atomic mass is 10.2. The Bertz CT molecular complexity index is 1010. The fraction of sp³-hybridized carbons (Fsp3) is 0.0952. The average Bonchev–Trinajstić information content (AvgIpc) is 2.70. The number of rotatable bonds is 6. The van der Waals surface area contributed by atoms with Crippen molar-refractivity contribution in [2.45, 2.75) is 13.0 Å². The molecular formula is C21H17ClFN3O3. The first-order valence-electron chi connectivity index (χ1n) is 8.68. The number of carbonyl (C=O) groups excluding carboxylic acids is 2. The van der Waals surface area contributed by atoms with Crippen molar-refractivity contribution in [3.8, 4) is 5.75 Å². The first-order valence-corrected chi connectivity index (χ1v) is 9.05. The Balaban J connectivity index is 1.57.